The molecule has 0 aliphatic carbocycles. The molecule has 1 fully saturated rings. The Balaban J connectivity index is 0.00000162. The molecule has 3 nitrogen and oxygen atoms in total. The number of hydrogen-bond acceptors (Lipinski definition) is 2. The highest BCUT2D eigenvalue weighted by Crippen LogP contribution is 2.14. The summed E-state index contributed by atoms with van der Waals surface area (Å²) in [7, 11) is 0. The Bertz CT molecular complexity index is 439. The smallest absolute Gasteiger partial charge is 0.254 e. The fraction of sp³-hybridized carbons (Fsp3) is 0.462. The second kappa shape index (κ2) is 6.16. The molecule has 1 heterocycles. The maximum atomic E-state index is 13.1. The third kappa shape index (κ3) is 3.00. The van der Waals surface area contributed by atoms with Crippen LogP contribution in [0, 0.1) is 12.7 Å². The lowest BCUT2D eigenvalue weighted by molar-refractivity contribution is 0.0655. The monoisotopic (exact) mass is 272 g/mol. The number of carbonyl (C=O) groups is 1. The zero-order chi connectivity index (χ0) is 12.4. The van der Waals surface area contributed by atoms with E-state index in [4.69, 9.17) is 0 Å². The van der Waals surface area contributed by atoms with Crippen LogP contribution in [0.25, 0.3) is 0 Å². The Morgan fingerprint density at radius 3 is 2.83 bits per heavy atom. The van der Waals surface area contributed by atoms with Crippen LogP contribution in [0.15, 0.2) is 18.2 Å². The van der Waals surface area contributed by atoms with E-state index in [-0.39, 0.29) is 30.2 Å². The van der Waals surface area contributed by atoms with Crippen LogP contribution in [-0.4, -0.2) is 36.5 Å². The Labute approximate surface area is 113 Å². The number of carbonyl (C=O) groups excluding carboxylic acids is 1. The van der Waals surface area contributed by atoms with Crippen molar-refractivity contribution in [2.75, 3.05) is 19.6 Å². The van der Waals surface area contributed by atoms with E-state index >= 15 is 0 Å². The van der Waals surface area contributed by atoms with E-state index in [2.05, 4.69) is 5.32 Å². The van der Waals surface area contributed by atoms with Gasteiger partial charge in [0.1, 0.15) is 5.82 Å². The van der Waals surface area contributed by atoms with Gasteiger partial charge in [0, 0.05) is 31.2 Å². The summed E-state index contributed by atoms with van der Waals surface area (Å²) >= 11 is 0. The molecule has 1 amide bonds. The summed E-state index contributed by atoms with van der Waals surface area (Å²) in [6.07, 6.45) is 0. The van der Waals surface area contributed by atoms with E-state index < -0.39 is 0 Å². The molecule has 2 rings (SSSR count). The predicted octanol–water partition coefficient (Wildman–Crippen LogP) is 1.99. The number of rotatable bonds is 1. The van der Waals surface area contributed by atoms with Crippen LogP contribution in [0.3, 0.4) is 0 Å². The molecule has 1 N–H and O–H groups in total. The molecule has 0 aromatic heterocycles. The van der Waals surface area contributed by atoms with Gasteiger partial charge in [-0.05, 0) is 37.6 Å². The summed E-state index contributed by atoms with van der Waals surface area (Å²) in [6.45, 7) is 6.02. The van der Waals surface area contributed by atoms with E-state index in [1.165, 1.54) is 6.07 Å². The molecule has 1 aliphatic rings. The van der Waals surface area contributed by atoms with Crippen molar-refractivity contribution in [2.45, 2.75) is 19.9 Å². The average molecular weight is 273 g/mol. The summed E-state index contributed by atoms with van der Waals surface area (Å²) in [5.41, 5.74) is 1.08. The molecule has 0 unspecified atom stereocenters. The van der Waals surface area contributed by atoms with Crippen LogP contribution >= 0.6 is 12.4 Å². The quantitative estimate of drug-likeness (QED) is 0.848. The highest BCUT2D eigenvalue weighted by atomic mass is 35.5. The van der Waals surface area contributed by atoms with Crippen molar-refractivity contribution in [3.63, 3.8) is 0 Å². The first-order chi connectivity index (χ1) is 8.09. The summed E-state index contributed by atoms with van der Waals surface area (Å²) in [5.74, 6) is -0.281. The molecule has 1 aromatic rings. The van der Waals surface area contributed by atoms with Crippen molar-refractivity contribution >= 4 is 18.3 Å². The minimum atomic E-state index is -0.269. The van der Waals surface area contributed by atoms with Gasteiger partial charge in [-0.15, -0.1) is 12.4 Å². The van der Waals surface area contributed by atoms with Gasteiger partial charge in [0.05, 0.1) is 0 Å². The molecule has 0 bridgehead atoms. The number of benzene rings is 1. The summed E-state index contributed by atoms with van der Waals surface area (Å²) in [5, 5.41) is 3.24. The number of hydrogen-bond donors (Lipinski definition) is 1. The van der Waals surface area contributed by atoms with Gasteiger partial charge in [-0.1, -0.05) is 0 Å². The van der Waals surface area contributed by atoms with Crippen molar-refractivity contribution < 1.29 is 9.18 Å². The van der Waals surface area contributed by atoms with Crippen LogP contribution in [0.1, 0.15) is 22.8 Å². The van der Waals surface area contributed by atoms with Gasteiger partial charge in [0.2, 0.25) is 0 Å². The molecule has 18 heavy (non-hydrogen) atoms. The van der Waals surface area contributed by atoms with Crippen LogP contribution in [0.4, 0.5) is 4.39 Å². The maximum absolute atomic E-state index is 13.1. The lowest BCUT2D eigenvalue weighted by Gasteiger charge is -2.34. The number of nitrogens with one attached hydrogen (secondary N) is 1. The van der Waals surface area contributed by atoms with E-state index in [1.54, 1.807) is 19.1 Å². The summed E-state index contributed by atoms with van der Waals surface area (Å²) < 4.78 is 13.1. The number of aryl methyl sites for hydroxylation is 1. The van der Waals surface area contributed by atoms with Crippen molar-refractivity contribution in [1.29, 1.82) is 0 Å². The molecular formula is C13H18ClFN2O. The van der Waals surface area contributed by atoms with E-state index in [0.717, 1.165) is 13.1 Å². The first kappa shape index (κ1) is 14.9. The second-order valence-corrected chi connectivity index (χ2v) is 4.52. The molecule has 0 saturated carbocycles. The van der Waals surface area contributed by atoms with E-state index in [1.807, 2.05) is 11.8 Å². The highest BCUT2D eigenvalue weighted by molar-refractivity contribution is 5.94. The number of piperazine rings is 1. The van der Waals surface area contributed by atoms with Crippen molar-refractivity contribution in [2.24, 2.45) is 0 Å². The minimum Gasteiger partial charge on any atom is -0.333 e. The molecule has 0 spiro atoms. The molecule has 100 valence electrons. The zero-order valence-corrected chi connectivity index (χ0v) is 11.4. The third-order valence-electron chi connectivity index (χ3n) is 3.17. The van der Waals surface area contributed by atoms with Crippen molar-refractivity contribution in [3.8, 4) is 0 Å². The lowest BCUT2D eigenvalue weighted by Crippen LogP contribution is -2.52. The topological polar surface area (TPSA) is 32.3 Å². The fourth-order valence-corrected chi connectivity index (χ4v) is 2.09. The van der Waals surface area contributed by atoms with Gasteiger partial charge in [-0.25, -0.2) is 4.39 Å². The fourth-order valence-electron chi connectivity index (χ4n) is 2.09. The molecule has 5 heteroatoms. The maximum Gasteiger partial charge on any atom is 0.254 e. The SMILES string of the molecule is Cc1cc(C(=O)N2CCNC[C@@H]2C)ccc1F.Cl. The molecular weight excluding hydrogens is 255 g/mol. The number of nitrogens with zero attached hydrogens (tertiary/aromatic N) is 1. The Kier molecular flexibility index (Phi) is 5.11. The molecule has 0 radical (unpaired) electrons. The van der Waals surface area contributed by atoms with E-state index in [9.17, 15) is 9.18 Å². The second-order valence-electron chi connectivity index (χ2n) is 4.52. The Hall–Kier alpha value is -1.13. The van der Waals surface area contributed by atoms with Crippen LogP contribution in [-0.2, 0) is 0 Å². The van der Waals surface area contributed by atoms with Gasteiger partial charge in [0.15, 0.2) is 0 Å². The molecule has 1 saturated heterocycles. The van der Waals surface area contributed by atoms with Crippen LogP contribution in [0.5, 0.6) is 0 Å². The third-order valence-corrected chi connectivity index (χ3v) is 3.17. The average Bonchev–Trinajstić information content (AvgIpc) is 2.32. The largest absolute Gasteiger partial charge is 0.333 e. The minimum absolute atomic E-state index is 0. The highest BCUT2D eigenvalue weighted by Gasteiger charge is 2.24. The Morgan fingerprint density at radius 2 is 2.22 bits per heavy atom. The molecule has 1 atom stereocenters. The van der Waals surface area contributed by atoms with Gasteiger partial charge in [0.25, 0.3) is 5.91 Å². The van der Waals surface area contributed by atoms with Gasteiger partial charge in [-0.2, -0.15) is 0 Å². The first-order valence-corrected chi connectivity index (χ1v) is 5.87. The molecule has 1 aliphatic heterocycles. The zero-order valence-electron chi connectivity index (χ0n) is 10.6. The van der Waals surface area contributed by atoms with E-state index in [0.29, 0.717) is 17.7 Å². The lowest BCUT2D eigenvalue weighted by atomic mass is 10.1. The number of halogens is 2. The first-order valence-electron chi connectivity index (χ1n) is 5.87. The Morgan fingerprint density at radius 1 is 1.50 bits per heavy atom. The van der Waals surface area contributed by atoms with Crippen LogP contribution in [0.2, 0.25) is 0 Å². The standard InChI is InChI=1S/C13H17FN2O.ClH/c1-9-7-11(3-4-12(9)14)13(17)16-6-5-15-8-10(16)2;/h3-4,7,10,15H,5-6,8H2,1-2H3;1H/t10-;/m0./s1. The predicted molar refractivity (Wildman–Crippen MR) is 71.8 cm³/mol. The summed E-state index contributed by atoms with van der Waals surface area (Å²) in [4.78, 5) is 14.1. The van der Waals surface area contributed by atoms with Gasteiger partial charge >= 0.3 is 0 Å². The number of amides is 1. The normalized spacial score (nSPS) is 19.3. The van der Waals surface area contributed by atoms with Crippen molar-refractivity contribution in [3.05, 3.63) is 35.1 Å². The molecule has 1 aromatic carbocycles. The van der Waals surface area contributed by atoms with Crippen LogP contribution < -0.4 is 5.32 Å². The van der Waals surface area contributed by atoms with Gasteiger partial charge < -0.3 is 10.2 Å². The van der Waals surface area contributed by atoms with Gasteiger partial charge in [-0.3, -0.25) is 4.79 Å². The summed E-state index contributed by atoms with van der Waals surface area (Å²) in [6, 6.07) is 4.71. The van der Waals surface area contributed by atoms with Crippen molar-refractivity contribution in [1.82, 2.24) is 10.2 Å².